The van der Waals surface area contributed by atoms with Crippen molar-refractivity contribution >= 4 is 24.5 Å². The Kier molecular flexibility index (Phi) is 12.4. The first-order valence-corrected chi connectivity index (χ1v) is 22.2. The number of benzene rings is 4. The van der Waals surface area contributed by atoms with E-state index < -0.39 is 61.0 Å². The van der Waals surface area contributed by atoms with Crippen molar-refractivity contribution in [2.24, 2.45) is 0 Å². The molecule has 2 bridgehead atoms. The Morgan fingerprint density at radius 3 is 1.47 bits per heavy atom. The molecule has 1 aliphatic heterocycles. The number of hydrogen-bond donors (Lipinski definition) is 0. The quantitative estimate of drug-likeness (QED) is 0.135. The summed E-state index contributed by atoms with van der Waals surface area (Å²) in [5, 5.41) is 1.80. The molecule has 2 atom stereocenters. The standard InChI is InChI=1S/C43H35F12Si.2ClH.Zr/c1-7-23-17-32-30(24-13-26(40(44,45)46)18-27(14-24)41(47,48)49)11-10-20(4)33(32)35(23)34-22(6)31-12-21(5)38-37(31)36(39(34)56(38,8-2)9-3)25-15-28(42(50,51)52)19-29(16-25)43(53,54)55;;;/h10-19,35H,7-9H2,1-6H3;2*1H;/q;;;+2/p-2. The van der Waals surface area contributed by atoms with Gasteiger partial charge >= 0.3 is 313 Å². The number of halogens is 14. The van der Waals surface area contributed by atoms with Crippen molar-refractivity contribution in [1.29, 1.82) is 0 Å². The van der Waals surface area contributed by atoms with E-state index in [1.807, 2.05) is 34.6 Å². The van der Waals surface area contributed by atoms with E-state index in [1.165, 1.54) is 6.07 Å². The van der Waals surface area contributed by atoms with Crippen molar-refractivity contribution in [2.75, 3.05) is 0 Å². The second kappa shape index (κ2) is 15.5. The van der Waals surface area contributed by atoms with Crippen LogP contribution >= 0.6 is 0 Å². The minimum atomic E-state index is -5.08. The van der Waals surface area contributed by atoms with E-state index in [0.717, 1.165) is 80.6 Å². The minimum absolute atomic E-state index is 0. The first kappa shape index (κ1) is 47.3. The van der Waals surface area contributed by atoms with Crippen LogP contribution in [0.4, 0.5) is 52.7 Å². The van der Waals surface area contributed by atoms with Crippen LogP contribution in [0.15, 0.2) is 59.7 Å². The van der Waals surface area contributed by atoms with E-state index in [0.29, 0.717) is 52.9 Å². The van der Waals surface area contributed by atoms with Crippen molar-refractivity contribution in [3.63, 3.8) is 0 Å². The monoisotopic (exact) mass is 967 g/mol. The maximum atomic E-state index is 14.4. The van der Waals surface area contributed by atoms with Gasteiger partial charge in [0.1, 0.15) is 0 Å². The molecule has 4 aromatic carbocycles. The summed E-state index contributed by atoms with van der Waals surface area (Å²) in [6.07, 6.45) is -18.1. The Bertz CT molecular complexity index is 2370. The largest absolute Gasteiger partial charge is 1.00 e. The molecular formula is C43H35Cl2F12SiZr. The van der Waals surface area contributed by atoms with Gasteiger partial charge in [0.25, 0.3) is 0 Å². The van der Waals surface area contributed by atoms with Gasteiger partial charge in [-0.25, -0.2) is 0 Å². The molecule has 0 saturated carbocycles. The predicted molar refractivity (Wildman–Crippen MR) is 195 cm³/mol. The average Bonchev–Trinajstić information content (AvgIpc) is 3.71. The van der Waals surface area contributed by atoms with Crippen LogP contribution in [0.5, 0.6) is 0 Å². The number of hydrogen-bond acceptors (Lipinski definition) is 0. The fourth-order valence-electron chi connectivity index (χ4n) is 9.77. The zero-order valence-corrected chi connectivity index (χ0v) is 37.2. The second-order valence-corrected chi connectivity index (χ2v) is 21.2. The molecule has 3 aliphatic rings. The molecule has 0 radical (unpaired) electrons. The summed E-state index contributed by atoms with van der Waals surface area (Å²) in [7, 11) is -2.94. The molecule has 0 spiro atoms. The summed E-state index contributed by atoms with van der Waals surface area (Å²) in [4.78, 5) is 0. The summed E-state index contributed by atoms with van der Waals surface area (Å²) in [5.41, 5.74) is 1.16. The minimum Gasteiger partial charge on any atom is -1.00 e. The van der Waals surface area contributed by atoms with Gasteiger partial charge in [0, 0.05) is 0 Å². The molecular weight excluding hydrogens is 935 g/mol. The molecule has 16 heteroatoms. The van der Waals surface area contributed by atoms with Crippen molar-refractivity contribution in [3.05, 3.63) is 121 Å². The van der Waals surface area contributed by atoms with Crippen molar-refractivity contribution < 1.29 is 102 Å². The van der Waals surface area contributed by atoms with Gasteiger partial charge in [0.15, 0.2) is 0 Å². The van der Waals surface area contributed by atoms with E-state index in [4.69, 9.17) is 0 Å². The van der Waals surface area contributed by atoms with Gasteiger partial charge < -0.3 is 24.8 Å². The molecule has 313 valence electrons. The summed E-state index contributed by atoms with van der Waals surface area (Å²) in [6.45, 7) is 11.6. The molecule has 4 aromatic rings. The van der Waals surface area contributed by atoms with E-state index in [9.17, 15) is 52.7 Å². The van der Waals surface area contributed by atoms with Crippen LogP contribution in [0.1, 0.15) is 105 Å². The topological polar surface area (TPSA) is 0 Å². The van der Waals surface area contributed by atoms with Crippen LogP contribution in [0, 0.1) is 13.8 Å². The summed E-state index contributed by atoms with van der Waals surface area (Å²) in [5.74, 6) is -0.613. The number of rotatable bonds is 6. The molecule has 0 aromatic heterocycles. The van der Waals surface area contributed by atoms with E-state index >= 15 is 0 Å². The van der Waals surface area contributed by atoms with Crippen molar-refractivity contribution in [1.82, 2.24) is 0 Å². The smallest absolute Gasteiger partial charge is 1.00 e. The van der Waals surface area contributed by atoms with Crippen molar-refractivity contribution in [2.45, 2.75) is 94.3 Å². The van der Waals surface area contributed by atoms with Crippen LogP contribution < -0.4 is 30.0 Å². The third-order valence-corrected chi connectivity index (χ3v) is 19.6. The number of alkyl halides is 12. The van der Waals surface area contributed by atoms with Crippen LogP contribution in [0.2, 0.25) is 12.1 Å². The number of fused-ring (bicyclic) bond motifs is 2. The molecule has 0 N–H and O–H groups in total. The SMILES string of the molecule is CCC1=Cc2c(-c3cc(C(F)(F)F)cc(C(F)(F)F)c3)ccc(C)c2C1c1c(C)c2c3c(-c4cc(C(F)(F)F)cc(C(F)(F)F)c4)c1[Si](CC)(CC)C3=C(C)[CH]2[Zr+2].[Cl-].[Cl-]. The number of allylic oxidation sites excluding steroid dienone is 2. The number of aryl methyl sites for hydroxylation is 1. The van der Waals surface area contributed by atoms with Gasteiger partial charge in [-0.1, -0.05) is 0 Å². The Labute approximate surface area is 362 Å². The predicted octanol–water partition coefficient (Wildman–Crippen LogP) is 8.28. The maximum Gasteiger partial charge on any atom is -1.00 e. The molecule has 0 nitrogen and oxygen atoms in total. The van der Waals surface area contributed by atoms with Crippen molar-refractivity contribution in [3.8, 4) is 22.3 Å². The Hall–Kier alpha value is -2.80. The molecule has 0 saturated heterocycles. The van der Waals surface area contributed by atoms with Gasteiger partial charge in [-0.05, 0) is 0 Å². The zero-order chi connectivity index (χ0) is 42.1. The molecule has 7 rings (SSSR count). The first-order valence-electron chi connectivity index (χ1n) is 18.4. The Balaban J connectivity index is 0.00000331. The van der Waals surface area contributed by atoms with Crippen LogP contribution in [0.3, 0.4) is 0 Å². The fraction of sp³-hybridized carbons (Fsp3) is 0.349. The molecule has 0 fully saturated rings. The molecule has 0 amide bonds. The fourth-order valence-corrected chi connectivity index (χ4v) is 16.8. The normalized spacial score (nSPS) is 18.2. The van der Waals surface area contributed by atoms with Gasteiger partial charge in [-0.3, -0.25) is 0 Å². The zero-order valence-electron chi connectivity index (χ0n) is 32.3. The summed E-state index contributed by atoms with van der Waals surface area (Å²) >= 11 is 1.09. The second-order valence-electron chi connectivity index (χ2n) is 15.2. The first-order chi connectivity index (χ1) is 26.3. The van der Waals surface area contributed by atoms with Crippen LogP contribution in [0.25, 0.3) is 33.5 Å². The third kappa shape index (κ3) is 7.31. The molecule has 59 heavy (non-hydrogen) atoms. The van der Waals surface area contributed by atoms with Crippen LogP contribution in [-0.4, -0.2) is 8.07 Å². The molecule has 2 unspecified atom stereocenters. The third-order valence-electron chi connectivity index (χ3n) is 12.3. The maximum absolute atomic E-state index is 14.4. The van der Waals surface area contributed by atoms with Gasteiger partial charge in [-0.2, -0.15) is 26.3 Å². The Morgan fingerprint density at radius 1 is 0.593 bits per heavy atom. The molecule has 2 aliphatic carbocycles. The average molecular weight is 970 g/mol. The molecule has 1 heterocycles. The summed E-state index contributed by atoms with van der Waals surface area (Å²) in [6, 6.07) is 7.57. The van der Waals surface area contributed by atoms with Crippen LogP contribution in [-0.2, 0) is 49.4 Å². The van der Waals surface area contributed by atoms with E-state index in [1.54, 1.807) is 19.1 Å². The van der Waals surface area contributed by atoms with Gasteiger partial charge in [0.2, 0.25) is 0 Å². The van der Waals surface area contributed by atoms with Gasteiger partial charge in [-0.15, -0.1) is 0 Å². The van der Waals surface area contributed by atoms with E-state index in [2.05, 4.69) is 0 Å². The van der Waals surface area contributed by atoms with E-state index in [-0.39, 0.29) is 57.3 Å². The Morgan fingerprint density at radius 2 is 1.05 bits per heavy atom. The summed E-state index contributed by atoms with van der Waals surface area (Å²) < 4.78 is 171. The van der Waals surface area contributed by atoms with Gasteiger partial charge in [0.05, 0.1) is 0 Å².